The second kappa shape index (κ2) is 27.7. The minimum absolute atomic E-state index is 0.0800. The Morgan fingerprint density at radius 1 is 0.651 bits per heavy atom. The highest BCUT2D eigenvalue weighted by Crippen LogP contribution is 2.36. The molecule has 28 heteroatoms. The second-order valence-electron chi connectivity index (χ2n) is 22.1. The Morgan fingerprint density at radius 2 is 1.13 bits per heavy atom. The van der Waals surface area contributed by atoms with Crippen LogP contribution in [0.2, 0.25) is 5.02 Å². The molecular formula is C58H71ClN14O13. The lowest BCUT2D eigenvalue weighted by atomic mass is 9.91. The highest BCUT2D eigenvalue weighted by molar-refractivity contribution is 6.30. The number of nitrogens with two attached hydrogens (primary N) is 2. The van der Waals surface area contributed by atoms with Gasteiger partial charge in [-0.15, -0.1) is 0 Å². The third kappa shape index (κ3) is 14.9. The average Bonchev–Trinajstić information content (AvgIpc) is 1.91. The Hall–Kier alpha value is -7.81. The molecule has 6 aromatic rings. The summed E-state index contributed by atoms with van der Waals surface area (Å²) in [5.41, 5.74) is 13.6. The summed E-state index contributed by atoms with van der Waals surface area (Å²) in [7, 11) is 0. The molecule has 6 fully saturated rings. The van der Waals surface area contributed by atoms with Gasteiger partial charge in [0.1, 0.15) is 52.8 Å². The van der Waals surface area contributed by atoms with Crippen molar-refractivity contribution in [3.8, 4) is 23.3 Å². The molecule has 4 saturated heterocycles. The Morgan fingerprint density at radius 3 is 1.64 bits per heavy atom. The number of piperidine rings is 2. The van der Waals surface area contributed by atoms with E-state index in [0.29, 0.717) is 78.4 Å². The number of aryl methyl sites for hydroxylation is 1. The standard InChI is InChI=1S/C28H30ClN7O6.C28H35N7O6.C2H6O/c29-16-4-8-18(9-5-16)41-28(40)35-12-10-15(11-13-35)2-1-3-19-33-24(30)20-25(34-19)36(14-31-20)27-22(38)21(37)23(42-27)26(39)32-17-6-7-17;29-24-20-25(35(15-30-20)27-22(37)21(36)23(41-27)26(38)31-17-9-10-17)33-19(32-24)8-4-5-16-11-13-34(14-12-16)28(39)40-18-6-2-1-3-7-18;1-2-3/h4-5,8-9,14-15,17,21-23,27,37-38H,2,6-7,10-13H2,(H,32,39)(H2,30,33,34);1-3,6-7,15-17,21-23,27,36-37H,4-5,8-14H2,(H,31,38)(H2,29,32,33);3H,2H2,1H3/t2*21?,22-,23-,27+;/m00./s1. The number of rotatable bonds is 13. The van der Waals surface area contributed by atoms with E-state index in [1.54, 1.807) is 53.1 Å². The van der Waals surface area contributed by atoms with Crippen LogP contribution in [0.3, 0.4) is 0 Å². The van der Waals surface area contributed by atoms with Gasteiger partial charge in [-0.2, -0.15) is 0 Å². The van der Waals surface area contributed by atoms with Crippen molar-refractivity contribution >= 4 is 69.6 Å². The van der Waals surface area contributed by atoms with Crippen LogP contribution < -0.4 is 31.6 Å². The van der Waals surface area contributed by atoms with Crippen LogP contribution in [0.25, 0.3) is 22.3 Å². The largest absolute Gasteiger partial charge is 0.415 e. The van der Waals surface area contributed by atoms with Gasteiger partial charge in [0.05, 0.1) is 12.7 Å². The molecule has 2 saturated carbocycles. The summed E-state index contributed by atoms with van der Waals surface area (Å²) in [6.45, 7) is 4.35. The lowest BCUT2D eigenvalue weighted by Crippen LogP contribution is -2.43. The number of aliphatic hydroxyl groups excluding tert-OH is 5. The van der Waals surface area contributed by atoms with Gasteiger partial charge >= 0.3 is 12.2 Å². The van der Waals surface area contributed by atoms with Gasteiger partial charge in [0.15, 0.2) is 47.6 Å². The molecule has 8 atom stereocenters. The molecule has 2 unspecified atom stereocenters. The fourth-order valence-corrected chi connectivity index (χ4v) is 10.7. The van der Waals surface area contributed by atoms with E-state index in [9.17, 15) is 39.6 Å². The van der Waals surface area contributed by atoms with Gasteiger partial charge in [0.25, 0.3) is 11.8 Å². The number of aliphatic hydroxyl groups is 5. The van der Waals surface area contributed by atoms with Crippen molar-refractivity contribution in [2.45, 2.75) is 145 Å². The first kappa shape index (κ1) is 61.3. The summed E-state index contributed by atoms with van der Waals surface area (Å²) < 4.78 is 25.4. The van der Waals surface area contributed by atoms with E-state index in [1.165, 1.54) is 21.8 Å². The average molecular weight is 1210 g/mol. The molecule has 2 aromatic carbocycles. The lowest BCUT2D eigenvalue weighted by Gasteiger charge is -2.31. The minimum Gasteiger partial charge on any atom is -0.410 e. The number of aromatic nitrogens is 8. The molecule has 11 N–H and O–H groups in total. The molecular weight excluding hydrogens is 1140 g/mol. The van der Waals surface area contributed by atoms with E-state index in [0.717, 1.165) is 64.2 Å². The molecule has 8 heterocycles. The molecule has 2 aliphatic carbocycles. The topological polar surface area (TPSA) is 376 Å². The second-order valence-corrected chi connectivity index (χ2v) is 22.5. The van der Waals surface area contributed by atoms with E-state index in [1.807, 2.05) is 18.2 Å². The number of nitrogens with one attached hydrogen (secondary N) is 2. The van der Waals surface area contributed by atoms with Crippen LogP contribution in [0, 0.1) is 23.7 Å². The number of carbonyl (C=O) groups excluding carboxylic acids is 4. The number of para-hydroxylation sites is 1. The quantitative estimate of drug-likeness (QED) is 0.0750. The first-order valence-corrected chi connectivity index (χ1v) is 29.4. The number of imidazole rings is 2. The zero-order chi connectivity index (χ0) is 60.6. The van der Waals surface area contributed by atoms with Gasteiger partial charge in [0.2, 0.25) is 5.82 Å². The minimum atomic E-state index is -1.42. The number of halogens is 1. The number of benzene rings is 2. The van der Waals surface area contributed by atoms with Crippen molar-refractivity contribution < 1.29 is 63.7 Å². The fourth-order valence-electron chi connectivity index (χ4n) is 10.6. The molecule has 0 bridgehead atoms. The highest BCUT2D eigenvalue weighted by atomic mass is 35.5. The van der Waals surface area contributed by atoms with Crippen LogP contribution in [0.1, 0.15) is 102 Å². The van der Waals surface area contributed by atoms with E-state index < -0.39 is 67.0 Å². The van der Waals surface area contributed by atoms with Gasteiger partial charge in [-0.1, -0.05) is 35.7 Å². The molecule has 458 valence electrons. The number of likely N-dealkylation sites (tertiary alicyclic amines) is 2. The number of nitrogens with zero attached hydrogens (tertiary/aromatic N) is 10. The molecule has 12 rings (SSSR count). The maximum Gasteiger partial charge on any atom is 0.415 e. The molecule has 27 nitrogen and oxygen atoms in total. The molecule has 6 aliphatic rings. The van der Waals surface area contributed by atoms with E-state index in [2.05, 4.69) is 52.4 Å². The van der Waals surface area contributed by atoms with Gasteiger partial charge < -0.3 is 76.4 Å². The maximum absolute atomic E-state index is 12.5. The molecule has 0 radical (unpaired) electrons. The number of carbonyl (C=O) groups is 4. The normalized spacial score (nSPS) is 24.0. The van der Waals surface area contributed by atoms with Crippen LogP contribution in [-0.2, 0) is 25.5 Å². The number of nitrogen functional groups attached to an aromatic ring is 2. The Labute approximate surface area is 499 Å². The summed E-state index contributed by atoms with van der Waals surface area (Å²) in [6, 6.07) is 15.9. The van der Waals surface area contributed by atoms with Gasteiger partial charge in [-0.25, -0.2) is 39.5 Å². The summed E-state index contributed by atoms with van der Waals surface area (Å²) in [6.07, 6.45) is 1.81. The summed E-state index contributed by atoms with van der Waals surface area (Å²) in [5.74, 6) is 7.92. The fraction of sp³-hybridized carbons (Fsp3) is 0.517. The zero-order valence-corrected chi connectivity index (χ0v) is 48.1. The number of ether oxygens (including phenoxy) is 4. The van der Waals surface area contributed by atoms with E-state index in [4.69, 9.17) is 47.1 Å². The Bertz CT molecular complexity index is 3400. The SMILES string of the molecule is CCO.Nc1nc(C#CCC2CCN(C(=O)Oc3ccc(Cl)cc3)CC2)nc2c1ncn2[C@@H]1O[C@H](C(=O)NC2CC2)C(O)[C@@H]1O.Nc1nc(CCCC2CCN(C(=O)Oc3ccccc3)CC2)nc2c1ncn2[C@@H]1O[C@H](C(=O)NC2CC2)C(O)[C@@H]1O. The van der Waals surface area contributed by atoms with Gasteiger partial charge in [-0.3, -0.25) is 18.7 Å². The zero-order valence-electron chi connectivity index (χ0n) is 47.3. The number of fused-ring (bicyclic) bond motifs is 2. The molecule has 4 aromatic heterocycles. The van der Waals surface area contributed by atoms with Crippen molar-refractivity contribution in [2.75, 3.05) is 44.3 Å². The van der Waals surface area contributed by atoms with E-state index >= 15 is 0 Å². The van der Waals surface area contributed by atoms with Crippen LogP contribution in [0.15, 0.2) is 67.3 Å². The smallest absolute Gasteiger partial charge is 0.410 e. The van der Waals surface area contributed by atoms with Gasteiger partial charge in [-0.05, 0) is 125 Å². The summed E-state index contributed by atoms with van der Waals surface area (Å²) in [4.78, 5) is 79.7. The Kier molecular flexibility index (Phi) is 19.7. The molecule has 4 aliphatic heterocycles. The third-order valence-electron chi connectivity index (χ3n) is 15.6. The van der Waals surface area contributed by atoms with Crippen LogP contribution in [0.5, 0.6) is 11.5 Å². The molecule has 4 amide bonds. The highest BCUT2D eigenvalue weighted by Gasteiger charge is 2.50. The van der Waals surface area contributed by atoms with Gasteiger partial charge in [0, 0.05) is 62.7 Å². The first-order valence-electron chi connectivity index (χ1n) is 29.0. The molecule has 0 spiro atoms. The van der Waals surface area contributed by atoms with Crippen molar-refractivity contribution in [1.82, 2.24) is 59.5 Å². The van der Waals surface area contributed by atoms with Crippen molar-refractivity contribution in [1.29, 1.82) is 0 Å². The summed E-state index contributed by atoms with van der Waals surface area (Å²) >= 11 is 5.88. The number of amides is 4. The number of hydrogen-bond acceptors (Lipinski definition) is 21. The first-order chi connectivity index (χ1) is 41.5. The van der Waals surface area contributed by atoms with Crippen LogP contribution in [0.4, 0.5) is 21.2 Å². The van der Waals surface area contributed by atoms with Crippen molar-refractivity contribution in [3.63, 3.8) is 0 Å². The number of anilines is 2. The van der Waals surface area contributed by atoms with Crippen LogP contribution >= 0.6 is 11.6 Å². The van der Waals surface area contributed by atoms with Crippen molar-refractivity contribution in [2.24, 2.45) is 11.8 Å². The van der Waals surface area contributed by atoms with E-state index in [-0.39, 0.29) is 59.3 Å². The predicted molar refractivity (Wildman–Crippen MR) is 309 cm³/mol. The lowest BCUT2D eigenvalue weighted by molar-refractivity contribution is -0.138. The number of hydrogen-bond donors (Lipinski definition) is 9. The van der Waals surface area contributed by atoms with Crippen LogP contribution in [-0.4, -0.2) is 180 Å². The molecule has 86 heavy (non-hydrogen) atoms. The predicted octanol–water partition coefficient (Wildman–Crippen LogP) is 3.15. The third-order valence-corrected chi connectivity index (χ3v) is 15.9. The maximum atomic E-state index is 12.5. The summed E-state index contributed by atoms with van der Waals surface area (Å²) in [5, 5.41) is 56.1. The van der Waals surface area contributed by atoms with Crippen molar-refractivity contribution in [3.05, 3.63) is 83.9 Å². The Balaban J connectivity index is 0.000000183. The monoisotopic (exact) mass is 1210 g/mol.